The molecule has 0 spiro atoms. The van der Waals surface area contributed by atoms with E-state index in [1.165, 1.54) is 64.2 Å². The van der Waals surface area contributed by atoms with E-state index in [-0.39, 0.29) is 43.8 Å². The van der Waals surface area contributed by atoms with Crippen molar-refractivity contribution in [1.82, 2.24) is 0 Å². The van der Waals surface area contributed by atoms with E-state index in [1.807, 2.05) is 0 Å². The molecule has 1 N–H and O–H groups in total. The van der Waals surface area contributed by atoms with Gasteiger partial charge in [-0.25, -0.2) is 0 Å². The van der Waals surface area contributed by atoms with E-state index in [2.05, 4.69) is 40.2 Å². The summed E-state index contributed by atoms with van der Waals surface area (Å²) in [5.74, 6) is 3.94. The van der Waals surface area contributed by atoms with Crippen LogP contribution in [0, 0.1) is 84.6 Å². The maximum absolute atomic E-state index is 11.1. The van der Waals surface area contributed by atoms with Gasteiger partial charge in [0.15, 0.2) is 0 Å². The first-order valence-electron chi connectivity index (χ1n) is 12.1. The van der Waals surface area contributed by atoms with Gasteiger partial charge in [0.05, 0.1) is 6.10 Å². The molecule has 0 bridgehead atoms. The summed E-state index contributed by atoms with van der Waals surface area (Å²) in [7, 11) is 0. The molecule has 0 aromatic carbocycles. The molecule has 0 aromatic rings. The third-order valence-electron chi connectivity index (χ3n) is 9.68. The average molecular weight is 537 g/mol. The van der Waals surface area contributed by atoms with Crippen molar-refractivity contribution in [3.63, 3.8) is 0 Å². The molecular weight excluding hydrogens is 493 g/mol. The SMILES string of the molecule is CC(C)CCCC(O)C1CCC2C3CC=C4C[CH-]CCC4(C)C3CCC12C.[Ho]. The van der Waals surface area contributed by atoms with Crippen LogP contribution >= 0.6 is 0 Å². The van der Waals surface area contributed by atoms with Gasteiger partial charge in [0.2, 0.25) is 0 Å². The summed E-state index contributed by atoms with van der Waals surface area (Å²) < 4.78 is 0. The van der Waals surface area contributed by atoms with Gasteiger partial charge in [-0.2, -0.15) is 12.8 Å². The summed E-state index contributed by atoms with van der Waals surface area (Å²) in [6.07, 6.45) is 19.2. The molecule has 3 fully saturated rings. The van der Waals surface area contributed by atoms with Gasteiger partial charge in [-0.3, -0.25) is 0 Å². The van der Waals surface area contributed by atoms with Crippen LogP contribution in [0.25, 0.3) is 0 Å². The molecule has 0 saturated heterocycles. The Kier molecular flexibility index (Phi) is 7.77. The van der Waals surface area contributed by atoms with E-state index in [0.29, 0.717) is 16.7 Å². The van der Waals surface area contributed by atoms with E-state index < -0.39 is 0 Å². The summed E-state index contributed by atoms with van der Waals surface area (Å²) in [4.78, 5) is 0. The standard InChI is InChI=1S/C26H43O.Ho/c1-18(2)8-7-10-24(27)23-14-13-21-20-12-11-19-9-5-6-16-25(19,3)22(20)15-17-26(21,23)4;/h5,11,18,20-24,27H,6-10,12-17H2,1-4H3;/q-1;. The molecule has 0 amide bonds. The van der Waals surface area contributed by atoms with Gasteiger partial charge in [0, 0.05) is 37.7 Å². The zero-order valence-corrected chi connectivity index (χ0v) is 20.6. The Bertz CT molecular complexity index is 569. The molecule has 28 heavy (non-hydrogen) atoms. The third-order valence-corrected chi connectivity index (χ3v) is 9.68. The Balaban J connectivity index is 0.00000225. The number of fused-ring (bicyclic) bond motifs is 5. The third kappa shape index (κ3) is 4.05. The van der Waals surface area contributed by atoms with Crippen molar-refractivity contribution < 1.29 is 42.8 Å². The van der Waals surface area contributed by atoms with E-state index in [1.54, 1.807) is 5.57 Å². The Morgan fingerprint density at radius 2 is 1.89 bits per heavy atom. The number of hydrogen-bond donors (Lipinski definition) is 1. The number of rotatable bonds is 5. The molecule has 3 saturated carbocycles. The van der Waals surface area contributed by atoms with Crippen LogP contribution in [0.3, 0.4) is 0 Å². The smallest absolute Gasteiger partial charge is 0.0573 e. The monoisotopic (exact) mass is 536 g/mol. The summed E-state index contributed by atoms with van der Waals surface area (Å²) in [5.41, 5.74) is 2.63. The molecule has 4 aliphatic carbocycles. The summed E-state index contributed by atoms with van der Waals surface area (Å²) >= 11 is 0. The van der Waals surface area contributed by atoms with Crippen LogP contribution in [-0.4, -0.2) is 11.2 Å². The number of hydrogen-bond acceptors (Lipinski definition) is 1. The second kappa shape index (κ2) is 9.22. The Morgan fingerprint density at radius 1 is 1.11 bits per heavy atom. The van der Waals surface area contributed by atoms with Gasteiger partial charge >= 0.3 is 0 Å². The topological polar surface area (TPSA) is 20.2 Å². The van der Waals surface area contributed by atoms with Gasteiger partial charge < -0.3 is 11.5 Å². The van der Waals surface area contributed by atoms with Crippen molar-refractivity contribution in [2.75, 3.05) is 0 Å². The van der Waals surface area contributed by atoms with E-state index in [0.717, 1.165) is 30.1 Å². The Hall–Kier alpha value is 0.960. The minimum absolute atomic E-state index is 0. The van der Waals surface area contributed by atoms with Gasteiger partial charge in [-0.05, 0) is 78.9 Å². The van der Waals surface area contributed by atoms with Crippen LogP contribution in [0.4, 0.5) is 0 Å². The molecule has 7 atom stereocenters. The molecule has 0 aliphatic heterocycles. The quantitative estimate of drug-likeness (QED) is 0.229. The number of aliphatic hydroxyl groups excluding tert-OH is 1. The molecule has 1 nitrogen and oxygen atoms in total. The molecule has 4 rings (SSSR count). The largest absolute Gasteiger partial charge is 0.393 e. The predicted molar refractivity (Wildman–Crippen MR) is 114 cm³/mol. The van der Waals surface area contributed by atoms with Gasteiger partial charge in [0.25, 0.3) is 0 Å². The Labute approximate surface area is 204 Å². The van der Waals surface area contributed by atoms with E-state index in [4.69, 9.17) is 0 Å². The number of allylic oxidation sites excluding steroid dienone is 2. The van der Waals surface area contributed by atoms with Crippen molar-refractivity contribution in [1.29, 1.82) is 0 Å². The zero-order valence-electron chi connectivity index (χ0n) is 18.6. The second-order valence-corrected chi connectivity index (χ2v) is 11.4. The summed E-state index contributed by atoms with van der Waals surface area (Å²) in [6, 6.07) is 0. The fraction of sp³-hybridized carbons (Fsp3) is 0.885. The predicted octanol–water partition coefficient (Wildman–Crippen LogP) is 6.96. The normalized spacial score (nSPS) is 43.4. The fourth-order valence-corrected chi connectivity index (χ4v) is 8.09. The van der Waals surface area contributed by atoms with E-state index >= 15 is 0 Å². The van der Waals surface area contributed by atoms with Crippen LogP contribution in [0.1, 0.15) is 98.3 Å². The van der Waals surface area contributed by atoms with E-state index in [9.17, 15) is 5.11 Å². The maximum atomic E-state index is 11.1. The number of aliphatic hydroxyl groups is 1. The second-order valence-electron chi connectivity index (χ2n) is 11.4. The molecule has 7 unspecified atom stereocenters. The van der Waals surface area contributed by atoms with Crippen molar-refractivity contribution in [3.05, 3.63) is 18.1 Å². The summed E-state index contributed by atoms with van der Waals surface area (Å²) in [5, 5.41) is 11.1. The molecule has 1 radical (unpaired) electrons. The first-order chi connectivity index (χ1) is 12.9. The zero-order chi connectivity index (χ0) is 19.2. The van der Waals surface area contributed by atoms with Gasteiger partial charge in [0.1, 0.15) is 0 Å². The van der Waals surface area contributed by atoms with Crippen molar-refractivity contribution in [2.45, 2.75) is 104 Å². The van der Waals surface area contributed by atoms with Crippen LogP contribution in [0.5, 0.6) is 0 Å². The van der Waals surface area contributed by atoms with Crippen LogP contribution in [0.2, 0.25) is 0 Å². The van der Waals surface area contributed by atoms with Crippen LogP contribution < -0.4 is 0 Å². The van der Waals surface area contributed by atoms with Crippen LogP contribution in [-0.2, 0) is 0 Å². The fourth-order valence-electron chi connectivity index (χ4n) is 8.09. The molecule has 2 heteroatoms. The minimum atomic E-state index is -0.0649. The molecule has 4 aliphatic rings. The van der Waals surface area contributed by atoms with Gasteiger partial charge in [-0.1, -0.05) is 58.6 Å². The first kappa shape index (κ1) is 23.6. The average Bonchev–Trinajstić information content (AvgIpc) is 2.98. The van der Waals surface area contributed by atoms with Crippen molar-refractivity contribution in [3.8, 4) is 0 Å². The molecular formula is C26H43HoO-. The maximum Gasteiger partial charge on any atom is 0.0573 e. The molecule has 0 heterocycles. The van der Waals surface area contributed by atoms with Crippen molar-refractivity contribution >= 4 is 0 Å². The van der Waals surface area contributed by atoms with Crippen LogP contribution in [0.15, 0.2) is 11.6 Å². The van der Waals surface area contributed by atoms with Crippen molar-refractivity contribution in [2.24, 2.45) is 40.4 Å². The molecule has 165 valence electrons. The summed E-state index contributed by atoms with van der Waals surface area (Å²) in [6.45, 7) is 9.76. The first-order valence-corrected chi connectivity index (χ1v) is 12.1. The Morgan fingerprint density at radius 3 is 2.64 bits per heavy atom. The molecule has 0 aromatic heterocycles. The van der Waals surface area contributed by atoms with Gasteiger partial charge in [-0.15, -0.1) is 0 Å². The minimum Gasteiger partial charge on any atom is -0.393 e.